The number of carbonyl (C=O) groups is 1. The number of nitrogens with one attached hydrogen (secondary N) is 1. The van der Waals surface area contributed by atoms with Crippen molar-refractivity contribution in [3.05, 3.63) is 70.6 Å². The molecule has 0 aliphatic carbocycles. The minimum Gasteiger partial charge on any atom is -0.382 e. The molecule has 116 valence electrons. The SMILES string of the molecule is Nc1nc(Nc2c(F)cccc2F)sc1C(=O)c1ccccc1. The van der Waals surface area contributed by atoms with Gasteiger partial charge in [0.2, 0.25) is 5.78 Å². The Morgan fingerprint density at radius 2 is 1.70 bits per heavy atom. The van der Waals surface area contributed by atoms with Crippen LogP contribution in [-0.2, 0) is 0 Å². The van der Waals surface area contributed by atoms with Crippen molar-refractivity contribution in [2.24, 2.45) is 0 Å². The highest BCUT2D eigenvalue weighted by atomic mass is 32.1. The Morgan fingerprint density at radius 1 is 1.04 bits per heavy atom. The van der Waals surface area contributed by atoms with Crippen molar-refractivity contribution >= 4 is 33.8 Å². The molecule has 0 aliphatic rings. The Bertz CT molecular complexity index is 845. The molecule has 1 aromatic heterocycles. The molecule has 23 heavy (non-hydrogen) atoms. The predicted molar refractivity (Wildman–Crippen MR) is 86.0 cm³/mol. The average Bonchev–Trinajstić information content (AvgIpc) is 2.92. The van der Waals surface area contributed by atoms with Crippen molar-refractivity contribution < 1.29 is 13.6 Å². The smallest absolute Gasteiger partial charge is 0.206 e. The highest BCUT2D eigenvalue weighted by Gasteiger charge is 2.19. The van der Waals surface area contributed by atoms with Crippen LogP contribution < -0.4 is 11.1 Å². The van der Waals surface area contributed by atoms with Crippen molar-refractivity contribution in [1.29, 1.82) is 0 Å². The third kappa shape index (κ3) is 3.04. The quantitative estimate of drug-likeness (QED) is 0.710. The molecule has 0 aliphatic heterocycles. The van der Waals surface area contributed by atoms with Crippen LogP contribution in [0.4, 0.5) is 25.4 Å². The Balaban J connectivity index is 1.91. The molecule has 4 nitrogen and oxygen atoms in total. The molecule has 3 N–H and O–H groups in total. The maximum Gasteiger partial charge on any atom is 0.206 e. The Morgan fingerprint density at radius 3 is 2.35 bits per heavy atom. The summed E-state index contributed by atoms with van der Waals surface area (Å²) in [6, 6.07) is 12.1. The van der Waals surface area contributed by atoms with Crippen LogP contribution in [0, 0.1) is 11.6 Å². The van der Waals surface area contributed by atoms with E-state index in [1.54, 1.807) is 30.3 Å². The molecular formula is C16H11F2N3OS. The molecule has 0 atom stereocenters. The molecule has 2 aromatic carbocycles. The van der Waals surface area contributed by atoms with Crippen molar-refractivity contribution in [1.82, 2.24) is 4.98 Å². The van der Waals surface area contributed by atoms with Gasteiger partial charge < -0.3 is 11.1 Å². The first kappa shape index (κ1) is 15.1. The number of rotatable bonds is 4. The number of nitrogens with zero attached hydrogens (tertiary/aromatic N) is 1. The second kappa shape index (κ2) is 6.13. The molecule has 1 heterocycles. The minimum absolute atomic E-state index is 0.0168. The number of aromatic nitrogens is 1. The molecule has 3 aromatic rings. The lowest BCUT2D eigenvalue weighted by atomic mass is 10.1. The number of hydrogen-bond acceptors (Lipinski definition) is 5. The monoisotopic (exact) mass is 331 g/mol. The average molecular weight is 331 g/mol. The van der Waals surface area contributed by atoms with Gasteiger partial charge >= 0.3 is 0 Å². The lowest BCUT2D eigenvalue weighted by Crippen LogP contribution is -2.02. The van der Waals surface area contributed by atoms with Gasteiger partial charge in [0.15, 0.2) is 5.13 Å². The Kier molecular flexibility index (Phi) is 4.03. The summed E-state index contributed by atoms with van der Waals surface area (Å²) in [7, 11) is 0. The van der Waals surface area contributed by atoms with Gasteiger partial charge in [-0.05, 0) is 12.1 Å². The van der Waals surface area contributed by atoms with Gasteiger partial charge in [-0.1, -0.05) is 47.7 Å². The fraction of sp³-hybridized carbons (Fsp3) is 0. The first-order valence-corrected chi connectivity index (χ1v) is 7.45. The first-order valence-electron chi connectivity index (χ1n) is 6.63. The van der Waals surface area contributed by atoms with Crippen molar-refractivity contribution in [2.45, 2.75) is 0 Å². The van der Waals surface area contributed by atoms with E-state index >= 15 is 0 Å². The third-order valence-corrected chi connectivity index (χ3v) is 4.08. The zero-order valence-electron chi connectivity index (χ0n) is 11.7. The molecule has 0 unspecified atom stereocenters. The fourth-order valence-electron chi connectivity index (χ4n) is 1.99. The van der Waals surface area contributed by atoms with Crippen LogP contribution in [0.2, 0.25) is 0 Å². The molecule has 3 rings (SSSR count). The van der Waals surface area contributed by atoms with E-state index < -0.39 is 11.6 Å². The van der Waals surface area contributed by atoms with Crippen LogP contribution in [0.3, 0.4) is 0 Å². The summed E-state index contributed by atoms with van der Waals surface area (Å²) < 4.78 is 27.3. The van der Waals surface area contributed by atoms with Gasteiger partial charge in [-0.25, -0.2) is 13.8 Å². The van der Waals surface area contributed by atoms with E-state index in [0.717, 1.165) is 23.5 Å². The molecule has 0 radical (unpaired) electrons. The van der Waals surface area contributed by atoms with E-state index in [-0.39, 0.29) is 27.3 Å². The van der Waals surface area contributed by atoms with Crippen LogP contribution in [0.15, 0.2) is 48.5 Å². The molecule has 0 bridgehead atoms. The first-order chi connectivity index (χ1) is 11.1. The van der Waals surface area contributed by atoms with Gasteiger partial charge in [0.05, 0.1) is 0 Å². The maximum absolute atomic E-state index is 13.6. The number of para-hydroxylation sites is 1. The van der Waals surface area contributed by atoms with Crippen molar-refractivity contribution in [3.63, 3.8) is 0 Å². The Hall–Kier alpha value is -2.80. The van der Waals surface area contributed by atoms with Crippen LogP contribution in [0.5, 0.6) is 0 Å². The number of nitrogens with two attached hydrogens (primary N) is 1. The number of halogens is 2. The molecule has 0 spiro atoms. The van der Waals surface area contributed by atoms with Crippen LogP contribution in [0.25, 0.3) is 0 Å². The lowest BCUT2D eigenvalue weighted by molar-refractivity contribution is 0.104. The number of benzene rings is 2. The van der Waals surface area contributed by atoms with Crippen molar-refractivity contribution in [3.8, 4) is 0 Å². The second-order valence-electron chi connectivity index (χ2n) is 4.65. The van der Waals surface area contributed by atoms with E-state index in [9.17, 15) is 13.6 Å². The fourth-order valence-corrected chi connectivity index (χ4v) is 2.84. The standard InChI is InChI=1S/C16H11F2N3OS/c17-10-7-4-8-11(18)12(10)20-16-21-15(19)14(23-16)13(22)9-5-2-1-3-6-9/h1-8H,19H2,(H,20,21). The predicted octanol–water partition coefficient (Wildman–Crippen LogP) is 3.98. The van der Waals surface area contributed by atoms with Crippen molar-refractivity contribution in [2.75, 3.05) is 11.1 Å². The lowest BCUT2D eigenvalue weighted by Gasteiger charge is -2.04. The number of anilines is 3. The number of hydrogen-bond donors (Lipinski definition) is 2. The van der Waals surface area contributed by atoms with Gasteiger partial charge in [0.25, 0.3) is 0 Å². The molecule has 0 fully saturated rings. The van der Waals surface area contributed by atoms with Gasteiger partial charge in [-0.3, -0.25) is 4.79 Å². The zero-order valence-corrected chi connectivity index (χ0v) is 12.5. The van der Waals surface area contributed by atoms with E-state index in [4.69, 9.17) is 5.73 Å². The maximum atomic E-state index is 13.6. The van der Waals surface area contributed by atoms with Gasteiger partial charge in [0.1, 0.15) is 28.0 Å². The van der Waals surface area contributed by atoms with Crippen LogP contribution >= 0.6 is 11.3 Å². The summed E-state index contributed by atoms with van der Waals surface area (Å²) >= 11 is 0.945. The highest BCUT2D eigenvalue weighted by molar-refractivity contribution is 7.18. The number of nitrogen functional groups attached to an aromatic ring is 1. The van der Waals surface area contributed by atoms with Gasteiger partial charge in [-0.15, -0.1) is 0 Å². The summed E-state index contributed by atoms with van der Waals surface area (Å²) in [5, 5.41) is 2.68. The largest absolute Gasteiger partial charge is 0.382 e. The topological polar surface area (TPSA) is 68.0 Å². The summed E-state index contributed by atoms with van der Waals surface area (Å²) in [5.74, 6) is -1.78. The number of thiazole rings is 1. The molecule has 7 heteroatoms. The Labute approximate surface area is 134 Å². The molecule has 0 amide bonds. The van der Waals surface area contributed by atoms with E-state index in [2.05, 4.69) is 10.3 Å². The number of carbonyl (C=O) groups excluding carboxylic acids is 1. The van der Waals surface area contributed by atoms with Gasteiger partial charge in [-0.2, -0.15) is 0 Å². The van der Waals surface area contributed by atoms with Crippen LogP contribution in [0.1, 0.15) is 15.2 Å². The molecular weight excluding hydrogens is 320 g/mol. The normalized spacial score (nSPS) is 10.5. The van der Waals surface area contributed by atoms with E-state index in [0.29, 0.717) is 5.56 Å². The molecule has 0 saturated heterocycles. The van der Waals surface area contributed by atoms with Gasteiger partial charge in [0, 0.05) is 5.56 Å². The third-order valence-electron chi connectivity index (χ3n) is 3.09. The minimum atomic E-state index is -0.755. The number of ketones is 1. The zero-order chi connectivity index (χ0) is 16.4. The summed E-state index contributed by atoms with van der Waals surface area (Å²) in [5.41, 5.74) is 5.89. The second-order valence-corrected chi connectivity index (χ2v) is 5.65. The highest BCUT2D eigenvalue weighted by Crippen LogP contribution is 2.31. The summed E-state index contributed by atoms with van der Waals surface area (Å²) in [4.78, 5) is 16.6. The van der Waals surface area contributed by atoms with E-state index in [1.165, 1.54) is 6.07 Å². The molecule has 0 saturated carbocycles. The summed E-state index contributed by atoms with van der Waals surface area (Å²) in [6.07, 6.45) is 0. The van der Waals surface area contributed by atoms with E-state index in [1.807, 2.05) is 0 Å². The van der Waals surface area contributed by atoms with Crippen LogP contribution in [-0.4, -0.2) is 10.8 Å². The summed E-state index contributed by atoms with van der Waals surface area (Å²) in [6.45, 7) is 0.